The van der Waals surface area contributed by atoms with Crippen LogP contribution in [0.2, 0.25) is 0 Å². The smallest absolute Gasteiger partial charge is 0.263 e. The molecule has 4 nitrogen and oxygen atoms in total. The highest BCUT2D eigenvalue weighted by Gasteiger charge is 2.44. The van der Waals surface area contributed by atoms with Crippen molar-refractivity contribution < 1.29 is 9.53 Å². The van der Waals surface area contributed by atoms with Gasteiger partial charge in [-0.1, -0.05) is 31.0 Å². The van der Waals surface area contributed by atoms with Crippen LogP contribution in [0.25, 0.3) is 0 Å². The van der Waals surface area contributed by atoms with Crippen LogP contribution in [0.15, 0.2) is 28.8 Å². The number of nitrogens with zero attached hydrogens (tertiary/aromatic N) is 1. The van der Waals surface area contributed by atoms with Gasteiger partial charge in [-0.25, -0.2) is 0 Å². The third kappa shape index (κ3) is 2.82. The molecule has 0 aromatic heterocycles. The average Bonchev–Trinajstić information content (AvgIpc) is 2.85. The first-order valence-corrected chi connectivity index (χ1v) is 8.35. The van der Waals surface area contributed by atoms with Gasteiger partial charge in [0, 0.05) is 11.5 Å². The molecule has 1 amide bonds. The number of hydrogen-bond acceptors (Lipinski definition) is 3. The van der Waals surface area contributed by atoms with Crippen molar-refractivity contribution in [3.8, 4) is 11.8 Å². The topological polar surface area (TPSA) is 62.1 Å². The molecule has 23 heavy (non-hydrogen) atoms. The third-order valence-corrected chi connectivity index (χ3v) is 4.92. The molecule has 1 heterocycles. The molecule has 1 aromatic carbocycles. The highest BCUT2D eigenvalue weighted by Crippen LogP contribution is 2.45. The lowest BCUT2D eigenvalue weighted by Crippen LogP contribution is -2.48. The molecule has 1 aliphatic heterocycles. The van der Waals surface area contributed by atoms with Gasteiger partial charge in [0.2, 0.25) is 0 Å². The maximum atomic E-state index is 12.1. The molecule has 3 rings (SSSR count). The molecule has 1 aromatic rings. The summed E-state index contributed by atoms with van der Waals surface area (Å²) in [6.45, 7) is 2.85. The van der Waals surface area contributed by atoms with Crippen molar-refractivity contribution in [3.05, 3.63) is 39.9 Å². The Morgan fingerprint density at radius 3 is 3.00 bits per heavy atom. The standard InChI is InChI=1S/C18H19ClN2O2/c1-2-3-8-23-13-4-5-15-12(9-13)6-7-18(15)10-16(19)14(11-20)17(22)21-18/h4-5,9H,2-3,6-8,10H2,1H3,(H,21,22)/t18-/m0/s1. The zero-order valence-electron chi connectivity index (χ0n) is 13.1. The summed E-state index contributed by atoms with van der Waals surface area (Å²) in [6, 6.07) is 7.91. The number of nitrogens with one attached hydrogen (secondary N) is 1. The maximum absolute atomic E-state index is 12.1. The number of amides is 1. The Morgan fingerprint density at radius 1 is 1.48 bits per heavy atom. The van der Waals surface area contributed by atoms with E-state index in [2.05, 4.69) is 18.3 Å². The van der Waals surface area contributed by atoms with Gasteiger partial charge in [0.25, 0.3) is 5.91 Å². The van der Waals surface area contributed by atoms with E-state index in [0.29, 0.717) is 11.5 Å². The number of rotatable bonds is 4. The quantitative estimate of drug-likeness (QED) is 0.859. The van der Waals surface area contributed by atoms with Crippen LogP contribution in [-0.2, 0) is 16.8 Å². The largest absolute Gasteiger partial charge is 0.494 e. The number of halogens is 1. The molecule has 1 atom stereocenters. The number of ether oxygens (including phenoxy) is 1. The molecule has 0 bridgehead atoms. The van der Waals surface area contributed by atoms with Gasteiger partial charge in [-0.2, -0.15) is 5.26 Å². The van der Waals surface area contributed by atoms with Crippen LogP contribution in [0, 0.1) is 11.3 Å². The fourth-order valence-electron chi connectivity index (χ4n) is 3.38. The van der Waals surface area contributed by atoms with Crippen LogP contribution in [-0.4, -0.2) is 12.5 Å². The minimum absolute atomic E-state index is 0.0326. The van der Waals surface area contributed by atoms with E-state index in [4.69, 9.17) is 21.6 Å². The first kappa shape index (κ1) is 15.9. The molecular formula is C18H19ClN2O2. The van der Waals surface area contributed by atoms with E-state index in [-0.39, 0.29) is 11.5 Å². The lowest BCUT2D eigenvalue weighted by atomic mass is 9.84. The zero-order valence-corrected chi connectivity index (χ0v) is 13.9. The number of carbonyl (C=O) groups excluding carboxylic acids is 1. The number of nitriles is 1. The Bertz CT molecular complexity index is 720. The molecule has 1 aliphatic carbocycles. The number of benzene rings is 1. The molecule has 1 spiro atoms. The van der Waals surface area contributed by atoms with Crippen LogP contribution < -0.4 is 10.1 Å². The Kier molecular flexibility index (Phi) is 4.32. The summed E-state index contributed by atoms with van der Waals surface area (Å²) in [5.74, 6) is 0.496. The van der Waals surface area contributed by atoms with E-state index in [1.807, 2.05) is 18.2 Å². The number of carbonyl (C=O) groups is 1. The summed E-state index contributed by atoms with van der Waals surface area (Å²) in [5.41, 5.74) is 1.82. The minimum atomic E-state index is -0.480. The van der Waals surface area contributed by atoms with Gasteiger partial charge in [-0.3, -0.25) is 4.79 Å². The molecule has 2 aliphatic rings. The van der Waals surface area contributed by atoms with Crippen molar-refractivity contribution in [2.75, 3.05) is 6.61 Å². The molecule has 0 saturated heterocycles. The fraction of sp³-hybridized carbons (Fsp3) is 0.444. The average molecular weight is 331 g/mol. The molecule has 1 N–H and O–H groups in total. The molecule has 0 saturated carbocycles. The summed E-state index contributed by atoms with van der Waals surface area (Å²) in [5, 5.41) is 12.4. The van der Waals surface area contributed by atoms with E-state index in [1.54, 1.807) is 0 Å². The minimum Gasteiger partial charge on any atom is -0.494 e. The van der Waals surface area contributed by atoms with E-state index in [0.717, 1.165) is 43.6 Å². The van der Waals surface area contributed by atoms with Crippen molar-refractivity contribution in [3.63, 3.8) is 0 Å². The molecule has 0 unspecified atom stereocenters. The van der Waals surface area contributed by atoms with Gasteiger partial charge in [0.1, 0.15) is 17.4 Å². The van der Waals surface area contributed by atoms with Crippen molar-refractivity contribution in [1.82, 2.24) is 5.32 Å². The van der Waals surface area contributed by atoms with E-state index >= 15 is 0 Å². The normalized spacial score (nSPS) is 22.7. The fourth-order valence-corrected chi connectivity index (χ4v) is 3.73. The van der Waals surface area contributed by atoms with Crippen LogP contribution in [0.3, 0.4) is 0 Å². The summed E-state index contributed by atoms with van der Waals surface area (Å²) >= 11 is 6.20. The van der Waals surface area contributed by atoms with Crippen LogP contribution in [0.5, 0.6) is 5.75 Å². The Labute approximate surface area is 141 Å². The van der Waals surface area contributed by atoms with Crippen molar-refractivity contribution in [1.29, 1.82) is 5.26 Å². The van der Waals surface area contributed by atoms with E-state index in [1.165, 1.54) is 5.56 Å². The number of hydrogen-bond donors (Lipinski definition) is 1. The molecule has 0 fully saturated rings. The van der Waals surface area contributed by atoms with Crippen LogP contribution in [0.4, 0.5) is 0 Å². The molecule has 5 heteroatoms. The SMILES string of the molecule is CCCCOc1ccc2c(c1)CC[C@]21CC(Cl)=C(C#N)C(=O)N1. The Balaban J connectivity index is 1.87. The first-order valence-electron chi connectivity index (χ1n) is 7.97. The summed E-state index contributed by atoms with van der Waals surface area (Å²) in [7, 11) is 0. The van der Waals surface area contributed by atoms with E-state index in [9.17, 15) is 4.79 Å². The lowest BCUT2D eigenvalue weighted by Gasteiger charge is -2.35. The third-order valence-electron chi connectivity index (χ3n) is 4.60. The van der Waals surface area contributed by atoms with Gasteiger partial charge in [-0.05, 0) is 42.5 Å². The van der Waals surface area contributed by atoms with Gasteiger partial charge < -0.3 is 10.1 Å². The van der Waals surface area contributed by atoms with Crippen molar-refractivity contribution in [2.24, 2.45) is 0 Å². The zero-order chi connectivity index (χ0) is 16.4. The van der Waals surface area contributed by atoms with E-state index < -0.39 is 5.54 Å². The van der Waals surface area contributed by atoms with Gasteiger partial charge in [0.15, 0.2) is 0 Å². The van der Waals surface area contributed by atoms with Gasteiger partial charge in [-0.15, -0.1) is 0 Å². The molecule has 120 valence electrons. The highest BCUT2D eigenvalue weighted by atomic mass is 35.5. The predicted octanol–water partition coefficient (Wildman–Crippen LogP) is 3.54. The molecular weight excluding hydrogens is 312 g/mol. The van der Waals surface area contributed by atoms with Crippen molar-refractivity contribution >= 4 is 17.5 Å². The Hall–Kier alpha value is -1.99. The second kappa shape index (κ2) is 6.25. The summed E-state index contributed by atoms with van der Waals surface area (Å²) < 4.78 is 5.76. The van der Waals surface area contributed by atoms with Crippen LogP contribution in [0.1, 0.15) is 43.7 Å². The number of unbranched alkanes of at least 4 members (excludes halogenated alkanes) is 1. The highest BCUT2D eigenvalue weighted by molar-refractivity contribution is 6.33. The lowest BCUT2D eigenvalue weighted by molar-refractivity contribution is -0.119. The number of aryl methyl sites for hydroxylation is 1. The second-order valence-electron chi connectivity index (χ2n) is 6.13. The maximum Gasteiger partial charge on any atom is 0.263 e. The van der Waals surface area contributed by atoms with Crippen LogP contribution >= 0.6 is 11.6 Å². The summed E-state index contributed by atoms with van der Waals surface area (Å²) in [4.78, 5) is 12.1. The van der Waals surface area contributed by atoms with Gasteiger partial charge in [0.05, 0.1) is 12.1 Å². The monoisotopic (exact) mass is 330 g/mol. The molecule has 0 radical (unpaired) electrons. The first-order chi connectivity index (χ1) is 11.1. The Morgan fingerprint density at radius 2 is 2.30 bits per heavy atom. The predicted molar refractivity (Wildman–Crippen MR) is 88.1 cm³/mol. The van der Waals surface area contributed by atoms with Crippen molar-refractivity contribution in [2.45, 2.75) is 44.6 Å². The second-order valence-corrected chi connectivity index (χ2v) is 6.58. The van der Waals surface area contributed by atoms with Gasteiger partial charge >= 0.3 is 0 Å². The number of fused-ring (bicyclic) bond motifs is 2. The summed E-state index contributed by atoms with van der Waals surface area (Å²) in [6.07, 6.45) is 4.28.